The number of hydrogen-bond acceptors (Lipinski definition) is 10. The van der Waals surface area contributed by atoms with Gasteiger partial charge in [0.2, 0.25) is 5.91 Å². The van der Waals surface area contributed by atoms with Crippen molar-refractivity contribution in [3.63, 3.8) is 0 Å². The number of imide groups is 1. The van der Waals surface area contributed by atoms with Gasteiger partial charge < -0.3 is 26.3 Å². The normalized spacial score (nSPS) is 18.5. The number of rotatable bonds is 10. The van der Waals surface area contributed by atoms with E-state index in [2.05, 4.69) is 10.1 Å². The second-order valence-corrected chi connectivity index (χ2v) is 9.30. The third kappa shape index (κ3) is 5.12. The van der Waals surface area contributed by atoms with Crippen LogP contribution in [0.15, 0.2) is 54.6 Å². The van der Waals surface area contributed by atoms with Gasteiger partial charge in [0.1, 0.15) is 11.4 Å². The number of carbonyl (C=O) groups excluding carboxylic acids is 6. The summed E-state index contributed by atoms with van der Waals surface area (Å²) < 4.78 is 9.53. The maximum atomic E-state index is 14.2. The van der Waals surface area contributed by atoms with Crippen LogP contribution in [-0.2, 0) is 39.0 Å². The summed E-state index contributed by atoms with van der Waals surface area (Å²) in [5.74, 6) is -5.89. The molecule has 216 valence electrons. The minimum absolute atomic E-state index is 0.0987. The van der Waals surface area contributed by atoms with E-state index in [1.165, 1.54) is 55.5 Å². The van der Waals surface area contributed by atoms with Crippen LogP contribution in [0.5, 0.6) is 0 Å². The van der Waals surface area contributed by atoms with Gasteiger partial charge in [0.05, 0.1) is 26.7 Å². The molecule has 1 aliphatic rings. The molecule has 1 fully saturated rings. The number of carbonyl (C=O) groups is 6. The van der Waals surface area contributed by atoms with Crippen LogP contribution in [0.4, 0.5) is 10.5 Å². The van der Waals surface area contributed by atoms with Crippen LogP contribution in [0.25, 0.3) is 0 Å². The van der Waals surface area contributed by atoms with Crippen LogP contribution >= 0.6 is 0 Å². The van der Waals surface area contributed by atoms with E-state index in [1.54, 1.807) is 6.07 Å². The van der Waals surface area contributed by atoms with E-state index in [0.717, 1.165) is 21.1 Å². The SMILES string of the molecule is COC(=O)C[C@H](N)C(=O)N(c1ccccc1)[C@](C(C)=O)(C(=O)OC)N1C(=O)N[C@](C)(c2ccc(C(=N)N)cc2)C1=O. The highest BCUT2D eigenvalue weighted by Gasteiger charge is 2.67. The molecule has 1 aliphatic heterocycles. The molecule has 3 atom stereocenters. The third-order valence-corrected chi connectivity index (χ3v) is 6.74. The topological polar surface area (TPSA) is 215 Å². The molecule has 1 saturated heterocycles. The monoisotopic (exact) mass is 566 g/mol. The number of hydrogen-bond donors (Lipinski definition) is 4. The van der Waals surface area contributed by atoms with E-state index in [4.69, 9.17) is 21.6 Å². The number of methoxy groups -OCH3 is 2. The van der Waals surface area contributed by atoms with Crippen LogP contribution in [-0.4, -0.2) is 72.2 Å². The molecule has 2 aromatic carbocycles. The molecule has 0 aliphatic carbocycles. The van der Waals surface area contributed by atoms with Gasteiger partial charge in [-0.3, -0.25) is 29.5 Å². The summed E-state index contributed by atoms with van der Waals surface area (Å²) in [6, 6.07) is 10.2. The smallest absolute Gasteiger partial charge is 0.362 e. The molecule has 41 heavy (non-hydrogen) atoms. The van der Waals surface area contributed by atoms with Gasteiger partial charge in [0.15, 0.2) is 5.78 Å². The first-order valence-electron chi connectivity index (χ1n) is 12.2. The fourth-order valence-corrected chi connectivity index (χ4v) is 4.56. The van der Waals surface area contributed by atoms with Gasteiger partial charge in [-0.1, -0.05) is 42.5 Å². The summed E-state index contributed by atoms with van der Waals surface area (Å²) in [6.07, 6.45) is -0.645. The van der Waals surface area contributed by atoms with E-state index >= 15 is 0 Å². The van der Waals surface area contributed by atoms with Crippen molar-refractivity contribution in [1.29, 1.82) is 5.41 Å². The Balaban J connectivity index is 2.29. The zero-order chi connectivity index (χ0) is 30.7. The molecule has 0 bridgehead atoms. The molecule has 14 nitrogen and oxygen atoms in total. The van der Waals surface area contributed by atoms with Crippen molar-refractivity contribution in [1.82, 2.24) is 10.2 Å². The second kappa shape index (κ2) is 11.6. The van der Waals surface area contributed by atoms with E-state index in [9.17, 15) is 28.8 Å². The van der Waals surface area contributed by atoms with Gasteiger partial charge in [-0.2, -0.15) is 0 Å². The van der Waals surface area contributed by atoms with E-state index in [-0.39, 0.29) is 17.1 Å². The van der Waals surface area contributed by atoms with Crippen molar-refractivity contribution in [2.75, 3.05) is 19.1 Å². The highest BCUT2D eigenvalue weighted by Crippen LogP contribution is 2.38. The molecule has 2 aromatic rings. The lowest BCUT2D eigenvalue weighted by atomic mass is 9.89. The molecule has 1 heterocycles. The molecule has 14 heteroatoms. The number of Topliss-reactive ketones (excluding diaryl/α,β-unsaturated/α-hetero) is 1. The largest absolute Gasteiger partial charge is 0.469 e. The number of nitrogen functional groups attached to an aromatic ring is 1. The lowest BCUT2D eigenvalue weighted by molar-refractivity contribution is -0.164. The van der Waals surface area contributed by atoms with Crippen LogP contribution in [0.1, 0.15) is 31.4 Å². The van der Waals surface area contributed by atoms with Crippen LogP contribution in [0, 0.1) is 5.41 Å². The summed E-state index contributed by atoms with van der Waals surface area (Å²) in [6.45, 7) is 2.25. The van der Waals surface area contributed by atoms with Crippen molar-refractivity contribution in [3.8, 4) is 0 Å². The summed E-state index contributed by atoms with van der Waals surface area (Å²) in [4.78, 5) is 81.8. The first-order valence-corrected chi connectivity index (χ1v) is 12.2. The van der Waals surface area contributed by atoms with Gasteiger partial charge in [-0.25, -0.2) is 14.5 Å². The molecule has 0 spiro atoms. The van der Waals surface area contributed by atoms with Crippen LogP contribution in [0.2, 0.25) is 0 Å². The van der Waals surface area contributed by atoms with Crippen molar-refractivity contribution in [2.24, 2.45) is 11.5 Å². The number of amides is 4. The van der Waals surface area contributed by atoms with Gasteiger partial charge in [0, 0.05) is 11.3 Å². The Hall–Kier alpha value is -5.11. The maximum Gasteiger partial charge on any atom is 0.362 e. The quantitative estimate of drug-likeness (QED) is 0.100. The number of nitrogens with one attached hydrogen (secondary N) is 2. The molecule has 0 radical (unpaired) electrons. The van der Waals surface area contributed by atoms with Gasteiger partial charge in [0.25, 0.3) is 11.6 Å². The number of benzene rings is 2. The minimum Gasteiger partial charge on any atom is -0.469 e. The van der Waals surface area contributed by atoms with Crippen LogP contribution < -0.4 is 21.7 Å². The number of anilines is 1. The highest BCUT2D eigenvalue weighted by atomic mass is 16.5. The number of nitrogens with two attached hydrogens (primary N) is 2. The second-order valence-electron chi connectivity index (χ2n) is 9.30. The summed E-state index contributed by atoms with van der Waals surface area (Å²) in [5.41, 5.74) is 7.18. The van der Waals surface area contributed by atoms with Crippen LogP contribution in [0.3, 0.4) is 0 Å². The average Bonchev–Trinajstić information content (AvgIpc) is 3.19. The van der Waals surface area contributed by atoms with Gasteiger partial charge in [-0.05, 0) is 31.5 Å². The molecule has 6 N–H and O–H groups in total. The number of ketones is 1. The first kappa shape index (κ1) is 30.4. The number of urea groups is 1. The zero-order valence-electron chi connectivity index (χ0n) is 22.8. The van der Waals surface area contributed by atoms with Crippen molar-refractivity contribution in [3.05, 3.63) is 65.7 Å². The van der Waals surface area contributed by atoms with Crippen molar-refractivity contribution >= 4 is 47.1 Å². The van der Waals surface area contributed by atoms with E-state index < -0.39 is 59.2 Å². The molecule has 0 aromatic heterocycles. The fourth-order valence-electron chi connectivity index (χ4n) is 4.56. The number of ether oxygens (including phenoxy) is 2. The Bertz CT molecular complexity index is 1410. The Morgan fingerprint density at radius 1 is 1.05 bits per heavy atom. The first-order chi connectivity index (χ1) is 19.3. The Morgan fingerprint density at radius 2 is 1.63 bits per heavy atom. The van der Waals surface area contributed by atoms with E-state index in [1.807, 2.05) is 0 Å². The lowest BCUT2D eigenvalue weighted by Gasteiger charge is -2.44. The molecular weight excluding hydrogens is 536 g/mol. The summed E-state index contributed by atoms with van der Waals surface area (Å²) in [5, 5.41) is 10.1. The predicted molar refractivity (Wildman–Crippen MR) is 144 cm³/mol. The minimum atomic E-state index is -3.01. The number of esters is 2. The average molecular weight is 567 g/mol. The van der Waals surface area contributed by atoms with Crippen molar-refractivity contribution in [2.45, 2.75) is 37.5 Å². The molecule has 4 amide bonds. The maximum absolute atomic E-state index is 14.2. The number of amidine groups is 1. The Morgan fingerprint density at radius 3 is 2.12 bits per heavy atom. The predicted octanol–water partition coefficient (Wildman–Crippen LogP) is 0.120. The molecule has 0 saturated carbocycles. The lowest BCUT2D eigenvalue weighted by Crippen LogP contribution is -2.74. The number of nitrogens with zero attached hydrogens (tertiary/aromatic N) is 2. The summed E-state index contributed by atoms with van der Waals surface area (Å²) >= 11 is 0. The Labute approximate surface area is 235 Å². The molecule has 3 rings (SSSR count). The van der Waals surface area contributed by atoms with Gasteiger partial charge in [-0.15, -0.1) is 0 Å². The molecule has 0 unspecified atom stereocenters. The standard InChI is InChI=1S/C27H30N6O8/c1-15(34)27(24(38)41-4,32(18-8-6-5-7-9-18)22(36)19(28)14-20(35)40-3)33-23(37)26(2,31-25(33)39)17-12-10-16(11-13-17)21(29)30/h5-13,19H,14,28H2,1-4H3,(H3,29,30)(H,31,39)/t19-,26+,27-/m0/s1. The highest BCUT2D eigenvalue weighted by molar-refractivity contribution is 6.24. The zero-order valence-corrected chi connectivity index (χ0v) is 22.8. The third-order valence-electron chi connectivity index (χ3n) is 6.74. The Kier molecular flexibility index (Phi) is 8.58. The van der Waals surface area contributed by atoms with Crippen molar-refractivity contribution < 1.29 is 38.2 Å². The number of para-hydroxylation sites is 1. The summed E-state index contributed by atoms with van der Waals surface area (Å²) in [7, 11) is 2.00. The fraction of sp³-hybridized carbons (Fsp3) is 0.296. The van der Waals surface area contributed by atoms with Gasteiger partial charge >= 0.3 is 18.0 Å². The van der Waals surface area contributed by atoms with E-state index in [0.29, 0.717) is 15.4 Å². The molecular formula is C27H30N6O8.